The number of hydrogen-bond donors (Lipinski definition) is 0. The second-order valence-corrected chi connectivity index (χ2v) is 9.05. The van der Waals surface area contributed by atoms with E-state index in [-0.39, 0.29) is 17.5 Å². The molecule has 0 saturated heterocycles. The molecule has 5 rings (SSSR count). The first-order valence-electron chi connectivity index (χ1n) is 10.7. The summed E-state index contributed by atoms with van der Waals surface area (Å²) >= 11 is 1.61. The van der Waals surface area contributed by atoms with Crippen molar-refractivity contribution in [3.05, 3.63) is 94.5 Å². The largest absolute Gasteiger partial charge is 0.497 e. The molecular weight excluding hydrogens is 434 g/mol. The van der Waals surface area contributed by atoms with Gasteiger partial charge in [0, 0.05) is 34.1 Å². The molecule has 2 heterocycles. The quantitative estimate of drug-likeness (QED) is 0.448. The molecule has 0 aliphatic carbocycles. The van der Waals surface area contributed by atoms with Crippen LogP contribution in [0.15, 0.2) is 88.3 Å². The number of thioether (sulfide) groups is 1. The van der Waals surface area contributed by atoms with Crippen LogP contribution in [-0.2, 0) is 0 Å². The van der Waals surface area contributed by atoms with Gasteiger partial charge in [0.05, 0.1) is 24.9 Å². The highest BCUT2D eigenvalue weighted by Gasteiger charge is 2.39. The zero-order valence-corrected chi connectivity index (χ0v) is 19.2. The molecule has 0 bridgehead atoms. The van der Waals surface area contributed by atoms with Crippen LogP contribution < -0.4 is 14.4 Å². The molecule has 0 saturated carbocycles. The highest BCUT2D eigenvalue weighted by atomic mass is 32.2. The number of fused-ring (bicyclic) bond motifs is 3. The van der Waals surface area contributed by atoms with Gasteiger partial charge < -0.3 is 14.4 Å². The minimum Gasteiger partial charge on any atom is -0.497 e. The highest BCUT2D eigenvalue weighted by Crippen LogP contribution is 2.51. The maximum Gasteiger partial charge on any atom is 0.191 e. The summed E-state index contributed by atoms with van der Waals surface area (Å²) < 4.78 is 10.5. The van der Waals surface area contributed by atoms with Gasteiger partial charge in [-0.25, -0.2) is 0 Å². The number of carbonyl (C=O) groups is 2. The summed E-state index contributed by atoms with van der Waals surface area (Å²) in [5.41, 5.74) is 2.94. The molecule has 6 heteroatoms. The lowest BCUT2D eigenvalue weighted by atomic mass is 9.85. The van der Waals surface area contributed by atoms with Crippen molar-refractivity contribution < 1.29 is 19.1 Å². The molecule has 33 heavy (non-hydrogen) atoms. The molecule has 0 radical (unpaired) electrons. The van der Waals surface area contributed by atoms with Crippen LogP contribution in [0, 0.1) is 5.92 Å². The number of ether oxygens (including phenoxy) is 2. The lowest BCUT2D eigenvalue weighted by Crippen LogP contribution is -2.37. The zero-order valence-electron chi connectivity index (χ0n) is 18.4. The summed E-state index contributed by atoms with van der Waals surface area (Å²) in [6.07, 6.45) is 0.405. The SMILES string of the molecule is COc1ccc(C(=O)C2=C3Sc4ccccc4N3C[C@H](C(=O)c3ccc(OC)cc3)C2)cc1. The van der Waals surface area contributed by atoms with E-state index in [9.17, 15) is 9.59 Å². The minimum absolute atomic E-state index is 0.0334. The van der Waals surface area contributed by atoms with Gasteiger partial charge in [0.1, 0.15) is 11.5 Å². The van der Waals surface area contributed by atoms with E-state index in [4.69, 9.17) is 9.47 Å². The van der Waals surface area contributed by atoms with Crippen LogP contribution in [0.2, 0.25) is 0 Å². The van der Waals surface area contributed by atoms with Crippen molar-refractivity contribution in [1.29, 1.82) is 0 Å². The third kappa shape index (κ3) is 3.91. The lowest BCUT2D eigenvalue weighted by molar-refractivity contribution is 0.0915. The second kappa shape index (κ2) is 8.79. The van der Waals surface area contributed by atoms with E-state index in [0.29, 0.717) is 41.2 Å². The second-order valence-electron chi connectivity index (χ2n) is 8.02. The molecule has 0 fully saturated rings. The molecule has 0 aromatic heterocycles. The monoisotopic (exact) mass is 457 g/mol. The van der Waals surface area contributed by atoms with Gasteiger partial charge in [-0.3, -0.25) is 9.59 Å². The molecule has 166 valence electrons. The van der Waals surface area contributed by atoms with Crippen molar-refractivity contribution in [3.8, 4) is 11.5 Å². The molecular formula is C27H23NO4S. The van der Waals surface area contributed by atoms with Crippen molar-refractivity contribution >= 4 is 29.0 Å². The average Bonchev–Trinajstić information content (AvgIpc) is 3.26. The zero-order chi connectivity index (χ0) is 22.9. The fourth-order valence-corrected chi connectivity index (χ4v) is 5.55. The van der Waals surface area contributed by atoms with Crippen molar-refractivity contribution in [2.45, 2.75) is 11.3 Å². The summed E-state index contributed by atoms with van der Waals surface area (Å²) in [5, 5.41) is 0.927. The lowest BCUT2D eigenvalue weighted by Gasteiger charge is -2.32. The molecule has 0 N–H and O–H groups in total. The van der Waals surface area contributed by atoms with Gasteiger partial charge in [0.2, 0.25) is 0 Å². The third-order valence-electron chi connectivity index (χ3n) is 6.09. The Morgan fingerprint density at radius 2 is 1.45 bits per heavy atom. The highest BCUT2D eigenvalue weighted by molar-refractivity contribution is 8.03. The number of Topliss-reactive ketones (excluding diaryl/α,β-unsaturated/α-hetero) is 2. The molecule has 2 aliphatic rings. The molecule has 1 atom stereocenters. The molecule has 3 aromatic carbocycles. The van der Waals surface area contributed by atoms with Crippen LogP contribution in [0.5, 0.6) is 11.5 Å². The first-order chi connectivity index (χ1) is 16.1. The predicted molar refractivity (Wildman–Crippen MR) is 129 cm³/mol. The topological polar surface area (TPSA) is 55.8 Å². The molecule has 5 nitrogen and oxygen atoms in total. The summed E-state index contributed by atoms with van der Waals surface area (Å²) in [5.74, 6) is 1.06. The Kier molecular flexibility index (Phi) is 5.68. The number of rotatable bonds is 6. The number of benzene rings is 3. The Balaban J connectivity index is 1.52. The average molecular weight is 458 g/mol. The molecule has 0 unspecified atom stereocenters. The Bertz CT molecular complexity index is 1250. The standard InChI is InChI=1S/C27H23NO4S/c1-31-20-11-7-17(8-12-20)25(29)19-15-22(26(30)18-9-13-21(32-2)14-10-18)27-28(16-19)23-5-3-4-6-24(23)33-27/h3-14,19H,15-16H2,1-2H3/t19-/m1/s1. The van der Waals surface area contributed by atoms with Gasteiger partial charge in [0.15, 0.2) is 11.6 Å². The van der Waals surface area contributed by atoms with E-state index in [1.165, 1.54) is 0 Å². The third-order valence-corrected chi connectivity index (χ3v) is 7.32. The van der Waals surface area contributed by atoms with Gasteiger partial charge >= 0.3 is 0 Å². The van der Waals surface area contributed by atoms with Crippen LogP contribution in [0.1, 0.15) is 27.1 Å². The fraction of sp³-hybridized carbons (Fsp3) is 0.185. The van der Waals surface area contributed by atoms with E-state index in [0.717, 1.165) is 15.6 Å². The molecule has 3 aromatic rings. The van der Waals surface area contributed by atoms with Crippen molar-refractivity contribution in [3.63, 3.8) is 0 Å². The molecule has 0 amide bonds. The maximum atomic E-state index is 13.6. The number of para-hydroxylation sites is 1. The van der Waals surface area contributed by atoms with Crippen LogP contribution in [0.3, 0.4) is 0 Å². The van der Waals surface area contributed by atoms with E-state index in [2.05, 4.69) is 11.0 Å². The number of anilines is 1. The number of nitrogens with zero attached hydrogens (tertiary/aromatic N) is 1. The predicted octanol–water partition coefficient (Wildman–Crippen LogP) is 5.61. The fourth-order valence-electron chi connectivity index (χ4n) is 4.33. The maximum absolute atomic E-state index is 13.6. The smallest absolute Gasteiger partial charge is 0.191 e. The first kappa shape index (κ1) is 21.3. The van der Waals surface area contributed by atoms with Gasteiger partial charge in [-0.15, -0.1) is 0 Å². The van der Waals surface area contributed by atoms with Crippen LogP contribution in [0.4, 0.5) is 5.69 Å². The van der Waals surface area contributed by atoms with Gasteiger partial charge in [-0.05, 0) is 67.1 Å². The van der Waals surface area contributed by atoms with E-state index in [1.54, 1.807) is 74.5 Å². The minimum atomic E-state index is -0.328. The van der Waals surface area contributed by atoms with Crippen LogP contribution in [0.25, 0.3) is 0 Å². The Hall–Kier alpha value is -3.51. The Morgan fingerprint density at radius 1 is 0.848 bits per heavy atom. The van der Waals surface area contributed by atoms with Gasteiger partial charge in [-0.1, -0.05) is 23.9 Å². The normalized spacial score (nSPS) is 16.8. The van der Waals surface area contributed by atoms with E-state index < -0.39 is 0 Å². The number of allylic oxidation sites excluding steroid dienone is 1. The van der Waals surface area contributed by atoms with Crippen molar-refractivity contribution in [1.82, 2.24) is 0 Å². The number of ketones is 2. The summed E-state index contributed by atoms with van der Waals surface area (Å²) in [4.78, 5) is 30.3. The van der Waals surface area contributed by atoms with Crippen LogP contribution >= 0.6 is 11.8 Å². The van der Waals surface area contributed by atoms with E-state index in [1.807, 2.05) is 18.2 Å². The summed E-state index contributed by atoms with van der Waals surface area (Å²) in [7, 11) is 3.20. The van der Waals surface area contributed by atoms with Gasteiger partial charge in [0.25, 0.3) is 0 Å². The number of carbonyl (C=O) groups excluding carboxylic acids is 2. The van der Waals surface area contributed by atoms with E-state index >= 15 is 0 Å². The summed E-state index contributed by atoms with van der Waals surface area (Å²) in [6, 6.07) is 22.4. The number of methoxy groups -OCH3 is 2. The van der Waals surface area contributed by atoms with Crippen LogP contribution in [-0.4, -0.2) is 32.3 Å². The Morgan fingerprint density at radius 3 is 2.09 bits per heavy atom. The van der Waals surface area contributed by atoms with Crippen molar-refractivity contribution in [2.24, 2.45) is 5.92 Å². The summed E-state index contributed by atoms with van der Waals surface area (Å²) in [6.45, 7) is 0.545. The van der Waals surface area contributed by atoms with Crippen molar-refractivity contribution in [2.75, 3.05) is 25.7 Å². The molecule has 0 spiro atoms. The number of hydrogen-bond acceptors (Lipinski definition) is 6. The first-order valence-corrected chi connectivity index (χ1v) is 11.5. The molecule has 2 aliphatic heterocycles. The Labute approximate surface area is 197 Å². The van der Waals surface area contributed by atoms with Gasteiger partial charge in [-0.2, -0.15) is 0 Å².